The lowest BCUT2D eigenvalue weighted by atomic mass is 10.2. The van der Waals surface area contributed by atoms with Crippen LogP contribution in [0.4, 0.5) is 5.69 Å². The quantitative estimate of drug-likeness (QED) is 0.880. The van der Waals surface area contributed by atoms with Crippen LogP contribution in [0.15, 0.2) is 48.5 Å². The molecule has 0 radical (unpaired) electrons. The lowest BCUT2D eigenvalue weighted by molar-refractivity contribution is 0.0951. The summed E-state index contributed by atoms with van der Waals surface area (Å²) in [5.74, 6) is -0.235. The van der Waals surface area contributed by atoms with Gasteiger partial charge >= 0.3 is 0 Å². The molecule has 2 aromatic carbocycles. The molecule has 0 unspecified atom stereocenters. The van der Waals surface area contributed by atoms with Gasteiger partial charge in [0.2, 0.25) is 10.0 Å². The molecule has 0 bridgehead atoms. The van der Waals surface area contributed by atoms with E-state index in [0.29, 0.717) is 22.8 Å². The van der Waals surface area contributed by atoms with E-state index in [2.05, 4.69) is 10.0 Å². The summed E-state index contributed by atoms with van der Waals surface area (Å²) in [6.45, 7) is 0.388. The van der Waals surface area contributed by atoms with Gasteiger partial charge in [0.25, 0.3) is 5.91 Å². The highest BCUT2D eigenvalue weighted by Gasteiger charge is 2.07. The Balaban J connectivity index is 1.96. The van der Waals surface area contributed by atoms with Crippen LogP contribution in [0.2, 0.25) is 5.02 Å². The van der Waals surface area contributed by atoms with Crippen LogP contribution in [0, 0.1) is 0 Å². The normalized spacial score (nSPS) is 11.0. The maximum atomic E-state index is 12.0. The summed E-state index contributed by atoms with van der Waals surface area (Å²) in [7, 11) is -3.32. The van der Waals surface area contributed by atoms with Gasteiger partial charge < -0.3 is 5.32 Å². The second kappa shape index (κ2) is 6.81. The predicted octanol–water partition coefficient (Wildman–Crippen LogP) is 2.64. The zero-order valence-electron chi connectivity index (χ0n) is 11.8. The first-order valence-corrected chi connectivity index (χ1v) is 8.71. The maximum absolute atomic E-state index is 12.0. The molecule has 0 aromatic heterocycles. The minimum Gasteiger partial charge on any atom is -0.348 e. The SMILES string of the molecule is CS(=O)(=O)Nc1ccc(C(=O)NCc2ccc(Cl)cc2)cc1. The fraction of sp³-hybridized carbons (Fsp3) is 0.133. The minimum atomic E-state index is -3.32. The highest BCUT2D eigenvalue weighted by molar-refractivity contribution is 7.92. The monoisotopic (exact) mass is 338 g/mol. The van der Waals surface area contributed by atoms with Crippen molar-refractivity contribution >= 4 is 33.2 Å². The number of benzene rings is 2. The standard InChI is InChI=1S/C15H15ClN2O3S/c1-22(20,21)18-14-8-4-12(5-9-14)15(19)17-10-11-2-6-13(16)7-3-11/h2-9,18H,10H2,1H3,(H,17,19). The molecule has 5 nitrogen and oxygen atoms in total. The number of hydrogen-bond donors (Lipinski definition) is 2. The molecule has 0 saturated heterocycles. The first-order chi connectivity index (χ1) is 10.3. The topological polar surface area (TPSA) is 75.3 Å². The Hall–Kier alpha value is -2.05. The average Bonchev–Trinajstić information content (AvgIpc) is 2.45. The maximum Gasteiger partial charge on any atom is 0.251 e. The molecule has 0 saturated carbocycles. The Bertz CT molecular complexity index is 756. The van der Waals surface area contributed by atoms with Crippen molar-refractivity contribution in [1.82, 2.24) is 5.32 Å². The molecule has 0 spiro atoms. The van der Waals surface area contributed by atoms with Crippen molar-refractivity contribution in [1.29, 1.82) is 0 Å². The molecule has 0 aliphatic heterocycles. The van der Waals surface area contributed by atoms with Crippen molar-refractivity contribution < 1.29 is 13.2 Å². The van der Waals surface area contributed by atoms with Crippen LogP contribution in [-0.4, -0.2) is 20.6 Å². The van der Waals surface area contributed by atoms with Gasteiger partial charge in [0.1, 0.15) is 0 Å². The van der Waals surface area contributed by atoms with Gasteiger partial charge in [-0.3, -0.25) is 9.52 Å². The fourth-order valence-corrected chi connectivity index (χ4v) is 2.48. The van der Waals surface area contributed by atoms with E-state index >= 15 is 0 Å². The summed E-state index contributed by atoms with van der Waals surface area (Å²) in [6, 6.07) is 13.4. The second-order valence-electron chi connectivity index (χ2n) is 4.76. The Morgan fingerprint density at radius 1 is 1.05 bits per heavy atom. The molecular weight excluding hydrogens is 324 g/mol. The number of rotatable bonds is 5. The molecule has 116 valence electrons. The molecule has 0 aliphatic carbocycles. The molecule has 1 amide bonds. The predicted molar refractivity (Wildman–Crippen MR) is 87.5 cm³/mol. The van der Waals surface area contributed by atoms with E-state index in [9.17, 15) is 13.2 Å². The van der Waals surface area contributed by atoms with E-state index in [-0.39, 0.29) is 5.91 Å². The van der Waals surface area contributed by atoms with Crippen LogP contribution in [0.5, 0.6) is 0 Å². The number of nitrogens with one attached hydrogen (secondary N) is 2. The molecule has 0 aliphatic rings. The van der Waals surface area contributed by atoms with Gasteiger partial charge in [-0.1, -0.05) is 23.7 Å². The first kappa shape index (κ1) is 16.3. The minimum absolute atomic E-state index is 0.235. The van der Waals surface area contributed by atoms with Crippen LogP contribution < -0.4 is 10.0 Å². The van der Waals surface area contributed by atoms with Crippen molar-refractivity contribution in [3.8, 4) is 0 Å². The molecule has 2 rings (SSSR count). The lowest BCUT2D eigenvalue weighted by Gasteiger charge is -2.07. The third-order valence-corrected chi connectivity index (χ3v) is 3.68. The van der Waals surface area contributed by atoms with Crippen molar-refractivity contribution in [2.75, 3.05) is 11.0 Å². The smallest absolute Gasteiger partial charge is 0.251 e. The summed E-state index contributed by atoms with van der Waals surface area (Å²) in [5, 5.41) is 3.42. The number of sulfonamides is 1. The van der Waals surface area contributed by atoms with Crippen LogP contribution in [0.1, 0.15) is 15.9 Å². The van der Waals surface area contributed by atoms with Gasteiger partial charge in [-0.25, -0.2) is 8.42 Å². The average molecular weight is 339 g/mol. The molecular formula is C15H15ClN2O3S. The number of halogens is 1. The molecule has 2 aromatic rings. The molecule has 0 atom stereocenters. The van der Waals surface area contributed by atoms with Gasteiger partial charge in [0.05, 0.1) is 6.26 Å². The number of carbonyl (C=O) groups is 1. The molecule has 0 heterocycles. The van der Waals surface area contributed by atoms with Crippen molar-refractivity contribution in [3.63, 3.8) is 0 Å². The first-order valence-electron chi connectivity index (χ1n) is 6.44. The Morgan fingerprint density at radius 3 is 2.18 bits per heavy atom. The molecule has 7 heteroatoms. The van der Waals surface area contributed by atoms with Crippen LogP contribution in [0.25, 0.3) is 0 Å². The summed E-state index contributed by atoms with van der Waals surface area (Å²) >= 11 is 5.79. The highest BCUT2D eigenvalue weighted by atomic mass is 35.5. The van der Waals surface area contributed by atoms with Crippen LogP contribution >= 0.6 is 11.6 Å². The van der Waals surface area contributed by atoms with Crippen LogP contribution in [-0.2, 0) is 16.6 Å². The van der Waals surface area contributed by atoms with E-state index in [1.807, 2.05) is 12.1 Å². The van der Waals surface area contributed by atoms with Gasteiger partial charge in [0, 0.05) is 22.8 Å². The molecule has 0 fully saturated rings. The van der Waals surface area contributed by atoms with Crippen LogP contribution in [0.3, 0.4) is 0 Å². The Morgan fingerprint density at radius 2 is 1.64 bits per heavy atom. The number of carbonyl (C=O) groups excluding carboxylic acids is 1. The third kappa shape index (κ3) is 5.05. The summed E-state index contributed by atoms with van der Waals surface area (Å²) in [5.41, 5.74) is 1.80. The van der Waals surface area contributed by atoms with Gasteiger partial charge in [-0.2, -0.15) is 0 Å². The Labute approximate surface area is 134 Å². The van der Waals surface area contributed by atoms with E-state index in [4.69, 9.17) is 11.6 Å². The Kier molecular flexibility index (Phi) is 5.05. The highest BCUT2D eigenvalue weighted by Crippen LogP contribution is 2.12. The molecule has 22 heavy (non-hydrogen) atoms. The van der Waals surface area contributed by atoms with Gasteiger partial charge in [-0.15, -0.1) is 0 Å². The van der Waals surface area contributed by atoms with E-state index in [0.717, 1.165) is 11.8 Å². The van der Waals surface area contributed by atoms with Gasteiger partial charge in [0.15, 0.2) is 0 Å². The summed E-state index contributed by atoms with van der Waals surface area (Å²) in [6.07, 6.45) is 1.07. The number of hydrogen-bond acceptors (Lipinski definition) is 3. The fourth-order valence-electron chi connectivity index (χ4n) is 1.79. The second-order valence-corrected chi connectivity index (χ2v) is 6.95. The lowest BCUT2D eigenvalue weighted by Crippen LogP contribution is -2.22. The van der Waals surface area contributed by atoms with Crippen molar-refractivity contribution in [2.24, 2.45) is 0 Å². The van der Waals surface area contributed by atoms with E-state index < -0.39 is 10.0 Å². The molecule has 2 N–H and O–H groups in total. The third-order valence-electron chi connectivity index (χ3n) is 2.82. The van der Waals surface area contributed by atoms with E-state index in [1.54, 1.807) is 24.3 Å². The zero-order valence-corrected chi connectivity index (χ0v) is 13.4. The van der Waals surface area contributed by atoms with Crippen molar-refractivity contribution in [3.05, 3.63) is 64.7 Å². The number of anilines is 1. The van der Waals surface area contributed by atoms with E-state index in [1.165, 1.54) is 12.1 Å². The zero-order chi connectivity index (χ0) is 16.2. The largest absolute Gasteiger partial charge is 0.348 e. The van der Waals surface area contributed by atoms with Gasteiger partial charge in [-0.05, 0) is 42.0 Å². The summed E-state index contributed by atoms with van der Waals surface area (Å²) < 4.78 is 24.5. The number of amides is 1. The van der Waals surface area contributed by atoms with Crippen molar-refractivity contribution in [2.45, 2.75) is 6.54 Å². The summed E-state index contributed by atoms with van der Waals surface area (Å²) in [4.78, 5) is 12.0.